The molecule has 0 aliphatic rings. The number of aryl methyl sites for hydroxylation is 2. The minimum absolute atomic E-state index is 0.0323. The number of carbonyl (C=O) groups is 2. The van der Waals surface area contributed by atoms with Crippen LogP contribution < -0.4 is 16.4 Å². The van der Waals surface area contributed by atoms with Gasteiger partial charge in [0.2, 0.25) is 11.8 Å². The molecule has 1 rings (SSSR count). The van der Waals surface area contributed by atoms with Gasteiger partial charge in [-0.2, -0.15) is 0 Å². The average molecular weight is 356 g/mol. The smallest absolute Gasteiger partial charge is 0.243 e. The van der Waals surface area contributed by atoms with Crippen LogP contribution in [-0.4, -0.2) is 24.4 Å². The summed E-state index contributed by atoms with van der Waals surface area (Å²) in [7, 11) is 0. The van der Waals surface area contributed by atoms with Crippen molar-refractivity contribution in [3.05, 3.63) is 27.7 Å². The first-order valence-electron chi connectivity index (χ1n) is 6.82. The summed E-state index contributed by atoms with van der Waals surface area (Å²) in [6, 6.07) is 3.14. The number of nitrogens with two attached hydrogens (primary N) is 1. The zero-order chi connectivity index (χ0) is 16.2. The van der Waals surface area contributed by atoms with Crippen LogP contribution in [0.1, 0.15) is 25.0 Å². The van der Waals surface area contributed by atoms with Gasteiger partial charge in [0.15, 0.2) is 0 Å². The molecule has 4 N–H and O–H groups in total. The number of carbonyl (C=O) groups excluding carboxylic acids is 2. The molecule has 5 nitrogen and oxygen atoms in total. The van der Waals surface area contributed by atoms with E-state index in [1.165, 1.54) is 0 Å². The van der Waals surface area contributed by atoms with Gasteiger partial charge in [-0.1, -0.05) is 29.8 Å². The zero-order valence-corrected chi connectivity index (χ0v) is 14.4. The number of benzene rings is 1. The number of halogens is 1. The van der Waals surface area contributed by atoms with E-state index in [4.69, 9.17) is 5.73 Å². The van der Waals surface area contributed by atoms with Crippen LogP contribution in [0.2, 0.25) is 0 Å². The fourth-order valence-corrected chi connectivity index (χ4v) is 2.04. The van der Waals surface area contributed by atoms with E-state index in [1.807, 2.05) is 39.8 Å². The van der Waals surface area contributed by atoms with E-state index in [9.17, 15) is 9.59 Å². The topological polar surface area (TPSA) is 84.2 Å². The van der Waals surface area contributed by atoms with Crippen LogP contribution in [0.5, 0.6) is 0 Å². The van der Waals surface area contributed by atoms with Gasteiger partial charge in [-0.15, -0.1) is 0 Å². The SMILES string of the molecule is Cc1cc(NC(=O)CNC(=O)[C@@H](N)C(C)C)cc(C)c1Br. The lowest BCUT2D eigenvalue weighted by atomic mass is 10.1. The lowest BCUT2D eigenvalue weighted by Crippen LogP contribution is -2.46. The van der Waals surface area contributed by atoms with Crippen LogP contribution in [0.25, 0.3) is 0 Å². The van der Waals surface area contributed by atoms with Crippen molar-refractivity contribution >= 4 is 33.4 Å². The molecule has 0 saturated heterocycles. The molecule has 0 aliphatic heterocycles. The van der Waals surface area contributed by atoms with Crippen LogP contribution in [-0.2, 0) is 9.59 Å². The first-order valence-corrected chi connectivity index (χ1v) is 7.61. The Morgan fingerprint density at radius 3 is 2.24 bits per heavy atom. The molecule has 2 amide bonds. The highest BCUT2D eigenvalue weighted by Crippen LogP contribution is 2.24. The van der Waals surface area contributed by atoms with E-state index in [1.54, 1.807) is 0 Å². The Labute approximate surface area is 133 Å². The predicted molar refractivity (Wildman–Crippen MR) is 88.1 cm³/mol. The Hall–Kier alpha value is -1.40. The number of anilines is 1. The fraction of sp³-hybridized carbons (Fsp3) is 0.467. The summed E-state index contributed by atoms with van der Waals surface area (Å²) in [4.78, 5) is 23.5. The van der Waals surface area contributed by atoms with E-state index in [-0.39, 0.29) is 24.3 Å². The summed E-state index contributed by atoms with van der Waals surface area (Å²) in [6.45, 7) is 7.54. The maximum atomic E-state index is 11.8. The van der Waals surface area contributed by atoms with Crippen LogP contribution in [0.3, 0.4) is 0 Å². The molecule has 6 heteroatoms. The molecule has 1 atom stereocenters. The highest BCUT2D eigenvalue weighted by atomic mass is 79.9. The molecular weight excluding hydrogens is 334 g/mol. The van der Waals surface area contributed by atoms with Gasteiger partial charge < -0.3 is 16.4 Å². The minimum atomic E-state index is -0.602. The van der Waals surface area contributed by atoms with Crippen molar-refractivity contribution in [3.8, 4) is 0 Å². The lowest BCUT2D eigenvalue weighted by molar-refractivity contribution is -0.125. The van der Waals surface area contributed by atoms with Crippen molar-refractivity contribution in [3.63, 3.8) is 0 Å². The Morgan fingerprint density at radius 2 is 1.76 bits per heavy atom. The Morgan fingerprint density at radius 1 is 1.24 bits per heavy atom. The van der Waals surface area contributed by atoms with Crippen molar-refractivity contribution in [1.82, 2.24) is 5.32 Å². The molecule has 0 radical (unpaired) electrons. The molecule has 0 fully saturated rings. The number of hydrogen-bond acceptors (Lipinski definition) is 3. The second-order valence-corrected chi connectivity index (χ2v) is 6.25. The number of hydrogen-bond donors (Lipinski definition) is 3. The lowest BCUT2D eigenvalue weighted by Gasteiger charge is -2.15. The molecule has 0 saturated carbocycles. The first kappa shape index (κ1) is 17.7. The van der Waals surface area contributed by atoms with Gasteiger partial charge in [0.25, 0.3) is 0 Å². The third-order valence-corrected chi connectivity index (χ3v) is 4.42. The van der Waals surface area contributed by atoms with Crippen molar-refractivity contribution < 1.29 is 9.59 Å². The maximum absolute atomic E-state index is 11.8. The van der Waals surface area contributed by atoms with E-state index < -0.39 is 6.04 Å². The van der Waals surface area contributed by atoms with Crippen LogP contribution in [0.15, 0.2) is 16.6 Å². The predicted octanol–water partition coefficient (Wildman–Crippen LogP) is 2.10. The second-order valence-electron chi connectivity index (χ2n) is 5.46. The molecule has 0 aliphatic carbocycles. The van der Waals surface area contributed by atoms with Crippen molar-refractivity contribution in [2.45, 2.75) is 33.7 Å². The summed E-state index contributed by atoms with van der Waals surface area (Å²) in [6.07, 6.45) is 0. The quantitative estimate of drug-likeness (QED) is 0.756. The number of amides is 2. The summed E-state index contributed by atoms with van der Waals surface area (Å²) in [5.41, 5.74) is 8.49. The van der Waals surface area contributed by atoms with Gasteiger partial charge in [0.1, 0.15) is 0 Å². The Balaban J connectivity index is 2.57. The van der Waals surface area contributed by atoms with Gasteiger partial charge in [-0.05, 0) is 43.0 Å². The van der Waals surface area contributed by atoms with Crippen LogP contribution in [0, 0.1) is 19.8 Å². The van der Waals surface area contributed by atoms with E-state index in [0.29, 0.717) is 5.69 Å². The van der Waals surface area contributed by atoms with Crippen LogP contribution in [0.4, 0.5) is 5.69 Å². The third kappa shape index (κ3) is 5.13. The highest BCUT2D eigenvalue weighted by Gasteiger charge is 2.17. The summed E-state index contributed by atoms with van der Waals surface area (Å²) in [5.74, 6) is -0.562. The standard InChI is InChI=1S/C15H22BrN3O2/c1-8(2)14(17)15(21)18-7-12(20)19-11-5-9(3)13(16)10(4)6-11/h5-6,8,14H,7,17H2,1-4H3,(H,18,21)(H,19,20)/t14-/m0/s1. The highest BCUT2D eigenvalue weighted by molar-refractivity contribution is 9.10. The molecule has 1 aromatic rings. The monoisotopic (exact) mass is 355 g/mol. The summed E-state index contributed by atoms with van der Waals surface area (Å²) >= 11 is 3.48. The Bertz CT molecular complexity index is 521. The van der Waals surface area contributed by atoms with Gasteiger partial charge in [0, 0.05) is 10.2 Å². The van der Waals surface area contributed by atoms with Crippen molar-refractivity contribution in [1.29, 1.82) is 0 Å². The normalized spacial score (nSPS) is 12.1. The largest absolute Gasteiger partial charge is 0.346 e. The van der Waals surface area contributed by atoms with Gasteiger partial charge in [-0.25, -0.2) is 0 Å². The van der Waals surface area contributed by atoms with E-state index >= 15 is 0 Å². The maximum Gasteiger partial charge on any atom is 0.243 e. The first-order chi connectivity index (χ1) is 9.72. The third-order valence-electron chi connectivity index (χ3n) is 3.16. The van der Waals surface area contributed by atoms with Crippen molar-refractivity contribution in [2.75, 3.05) is 11.9 Å². The molecule has 0 aromatic heterocycles. The molecule has 1 aromatic carbocycles. The Kier molecular flexibility index (Phi) is 6.36. The zero-order valence-electron chi connectivity index (χ0n) is 12.8. The fourth-order valence-electron chi connectivity index (χ4n) is 1.81. The molecule has 21 heavy (non-hydrogen) atoms. The van der Waals surface area contributed by atoms with Gasteiger partial charge in [0.05, 0.1) is 12.6 Å². The average Bonchev–Trinajstić information content (AvgIpc) is 2.41. The second kappa shape index (κ2) is 7.56. The van der Waals surface area contributed by atoms with Crippen LogP contribution >= 0.6 is 15.9 Å². The molecular formula is C15H22BrN3O2. The number of nitrogens with one attached hydrogen (secondary N) is 2. The van der Waals surface area contributed by atoms with Gasteiger partial charge in [-0.3, -0.25) is 9.59 Å². The molecule has 0 heterocycles. The molecule has 116 valence electrons. The number of rotatable bonds is 5. The molecule has 0 spiro atoms. The van der Waals surface area contributed by atoms with Crippen molar-refractivity contribution in [2.24, 2.45) is 11.7 Å². The summed E-state index contributed by atoms with van der Waals surface area (Å²) < 4.78 is 1.02. The van der Waals surface area contributed by atoms with E-state index in [2.05, 4.69) is 26.6 Å². The summed E-state index contributed by atoms with van der Waals surface area (Å²) in [5, 5.41) is 5.30. The molecule has 0 unspecified atom stereocenters. The van der Waals surface area contributed by atoms with Gasteiger partial charge >= 0.3 is 0 Å². The minimum Gasteiger partial charge on any atom is -0.346 e. The van der Waals surface area contributed by atoms with E-state index in [0.717, 1.165) is 15.6 Å². The molecule has 0 bridgehead atoms.